The molecule has 4 nitrogen and oxygen atoms in total. The van der Waals surface area contributed by atoms with Crippen LogP contribution in [-0.2, 0) is 11.2 Å². The number of aromatic nitrogens is 2. The summed E-state index contributed by atoms with van der Waals surface area (Å²) < 4.78 is 6.88. The molecule has 0 aromatic carbocycles. The molecule has 2 rings (SSSR count). The number of nitrogens with one attached hydrogen (secondary N) is 1. The van der Waals surface area contributed by atoms with Crippen molar-refractivity contribution in [1.29, 1.82) is 0 Å². The lowest BCUT2D eigenvalue weighted by Crippen LogP contribution is -2.21. The minimum Gasteiger partial charge on any atom is -0.373 e. The van der Waals surface area contributed by atoms with Crippen molar-refractivity contribution in [3.8, 4) is 0 Å². The zero-order valence-corrected chi connectivity index (χ0v) is 14.7. The van der Waals surface area contributed by atoms with Crippen molar-refractivity contribution < 1.29 is 4.74 Å². The van der Waals surface area contributed by atoms with Crippen molar-refractivity contribution in [2.45, 2.75) is 51.6 Å². The first kappa shape index (κ1) is 15.9. The summed E-state index contributed by atoms with van der Waals surface area (Å²) in [4.78, 5) is 9.45. The van der Waals surface area contributed by atoms with Crippen molar-refractivity contribution >= 4 is 28.4 Å². The molecule has 1 fully saturated rings. The summed E-state index contributed by atoms with van der Waals surface area (Å²) >= 11 is 2.32. The zero-order chi connectivity index (χ0) is 14.5. The highest BCUT2D eigenvalue weighted by molar-refractivity contribution is 14.1. The van der Waals surface area contributed by atoms with Gasteiger partial charge in [-0.3, -0.25) is 0 Å². The van der Waals surface area contributed by atoms with Crippen molar-refractivity contribution in [3.63, 3.8) is 0 Å². The number of rotatable bonds is 5. The van der Waals surface area contributed by atoms with Gasteiger partial charge in [0, 0.05) is 14.2 Å². The number of hydrogen-bond acceptors (Lipinski definition) is 4. The Labute approximate surface area is 135 Å². The van der Waals surface area contributed by atoms with Gasteiger partial charge in [0.15, 0.2) is 5.82 Å². The number of methoxy groups -OCH3 is 1. The van der Waals surface area contributed by atoms with Crippen LogP contribution in [0.3, 0.4) is 0 Å². The molecule has 1 heterocycles. The van der Waals surface area contributed by atoms with Gasteiger partial charge in [0.25, 0.3) is 0 Å². The Kier molecular flexibility index (Phi) is 6.01. The maximum atomic E-state index is 5.76. The number of aryl methyl sites for hydroxylation is 1. The Hall–Kier alpha value is -0.430. The SMILES string of the molecule is CCc1nc(C(OC)C2CCCCC2)nc(NC)c1I. The molecule has 1 aromatic rings. The lowest BCUT2D eigenvalue weighted by atomic mass is 9.85. The second-order valence-corrected chi connectivity index (χ2v) is 6.43. The highest BCUT2D eigenvalue weighted by Crippen LogP contribution is 2.36. The van der Waals surface area contributed by atoms with Gasteiger partial charge in [-0.1, -0.05) is 26.2 Å². The first-order valence-electron chi connectivity index (χ1n) is 7.48. The van der Waals surface area contributed by atoms with Crippen LogP contribution in [0.15, 0.2) is 0 Å². The topological polar surface area (TPSA) is 47.0 Å². The number of halogens is 1. The van der Waals surface area contributed by atoms with E-state index < -0.39 is 0 Å². The van der Waals surface area contributed by atoms with Crippen molar-refractivity contribution in [2.24, 2.45) is 5.92 Å². The largest absolute Gasteiger partial charge is 0.373 e. The molecule has 1 unspecified atom stereocenters. The van der Waals surface area contributed by atoms with Gasteiger partial charge in [0.1, 0.15) is 11.9 Å². The molecule has 1 saturated carbocycles. The number of nitrogens with zero attached hydrogens (tertiary/aromatic N) is 2. The van der Waals surface area contributed by atoms with Crippen molar-refractivity contribution in [3.05, 3.63) is 15.1 Å². The number of anilines is 1. The fourth-order valence-corrected chi connectivity index (χ4v) is 3.88. The Morgan fingerprint density at radius 3 is 2.55 bits per heavy atom. The molecule has 0 radical (unpaired) electrons. The van der Waals surface area contributed by atoms with Gasteiger partial charge in [-0.05, 0) is 47.8 Å². The summed E-state index contributed by atoms with van der Waals surface area (Å²) in [5.41, 5.74) is 1.11. The maximum Gasteiger partial charge on any atom is 0.160 e. The molecule has 20 heavy (non-hydrogen) atoms. The monoisotopic (exact) mass is 389 g/mol. The van der Waals surface area contributed by atoms with Crippen LogP contribution in [0, 0.1) is 9.49 Å². The van der Waals surface area contributed by atoms with Crippen molar-refractivity contribution in [2.75, 3.05) is 19.5 Å². The summed E-state index contributed by atoms with van der Waals surface area (Å²) in [6, 6.07) is 0. The van der Waals surface area contributed by atoms with Crippen LogP contribution in [0.4, 0.5) is 5.82 Å². The van der Waals surface area contributed by atoms with Crippen LogP contribution in [0.2, 0.25) is 0 Å². The van der Waals surface area contributed by atoms with E-state index in [2.05, 4.69) is 34.8 Å². The van der Waals surface area contributed by atoms with Gasteiger partial charge >= 0.3 is 0 Å². The molecule has 112 valence electrons. The minimum absolute atomic E-state index is 0.0321. The zero-order valence-electron chi connectivity index (χ0n) is 12.6. The summed E-state index contributed by atoms with van der Waals surface area (Å²) in [6.45, 7) is 2.14. The third kappa shape index (κ3) is 3.42. The second-order valence-electron chi connectivity index (χ2n) is 5.35. The average molecular weight is 389 g/mol. The Morgan fingerprint density at radius 2 is 2.00 bits per heavy atom. The summed E-state index contributed by atoms with van der Waals surface area (Å²) in [5, 5.41) is 3.18. The van der Waals surface area contributed by atoms with Gasteiger partial charge in [-0.2, -0.15) is 0 Å². The van der Waals surface area contributed by atoms with Crippen LogP contribution in [0.1, 0.15) is 56.7 Å². The summed E-state index contributed by atoms with van der Waals surface area (Å²) in [6.07, 6.45) is 7.35. The lowest BCUT2D eigenvalue weighted by Gasteiger charge is -2.28. The number of ether oxygens (including phenoxy) is 1. The quantitative estimate of drug-likeness (QED) is 0.775. The Bertz CT molecular complexity index is 422. The molecule has 0 bridgehead atoms. The number of hydrogen-bond donors (Lipinski definition) is 1. The third-order valence-corrected chi connectivity index (χ3v) is 5.23. The molecule has 0 aliphatic heterocycles. The fourth-order valence-electron chi connectivity index (χ4n) is 2.99. The summed E-state index contributed by atoms with van der Waals surface area (Å²) in [7, 11) is 3.70. The van der Waals surface area contributed by atoms with Gasteiger partial charge in [-0.15, -0.1) is 0 Å². The van der Waals surface area contributed by atoms with Crippen LogP contribution in [-0.4, -0.2) is 24.1 Å². The van der Waals surface area contributed by atoms with E-state index in [-0.39, 0.29) is 6.10 Å². The first-order chi connectivity index (χ1) is 9.71. The van der Waals surface area contributed by atoms with E-state index in [1.807, 2.05) is 7.05 Å². The average Bonchev–Trinajstić information content (AvgIpc) is 2.50. The highest BCUT2D eigenvalue weighted by Gasteiger charge is 2.28. The molecule has 0 amide bonds. The van der Waals surface area contributed by atoms with E-state index >= 15 is 0 Å². The molecule has 1 atom stereocenters. The van der Waals surface area contributed by atoms with Crippen LogP contribution >= 0.6 is 22.6 Å². The molecular formula is C15H24IN3O. The first-order valence-corrected chi connectivity index (χ1v) is 8.56. The lowest BCUT2D eigenvalue weighted by molar-refractivity contribution is 0.0288. The van der Waals surface area contributed by atoms with E-state index in [1.54, 1.807) is 7.11 Å². The standard InChI is InChI=1S/C15H24IN3O/c1-4-11-12(16)14(17-2)19-15(18-11)13(20-3)10-8-6-5-7-9-10/h10,13H,4-9H2,1-3H3,(H,17,18,19). The van der Waals surface area contributed by atoms with Gasteiger partial charge in [0.05, 0.1) is 9.26 Å². The van der Waals surface area contributed by atoms with E-state index in [0.717, 1.165) is 27.3 Å². The van der Waals surface area contributed by atoms with E-state index in [0.29, 0.717) is 5.92 Å². The Balaban J connectivity index is 2.33. The molecule has 1 aliphatic carbocycles. The predicted molar refractivity (Wildman–Crippen MR) is 90.0 cm³/mol. The highest BCUT2D eigenvalue weighted by atomic mass is 127. The molecule has 1 aliphatic rings. The maximum absolute atomic E-state index is 5.76. The smallest absolute Gasteiger partial charge is 0.160 e. The van der Waals surface area contributed by atoms with Crippen LogP contribution in [0.5, 0.6) is 0 Å². The minimum atomic E-state index is 0.0321. The molecule has 0 spiro atoms. The van der Waals surface area contributed by atoms with Gasteiger partial charge in [0.2, 0.25) is 0 Å². The Morgan fingerprint density at radius 1 is 1.30 bits per heavy atom. The molecular weight excluding hydrogens is 365 g/mol. The van der Waals surface area contributed by atoms with E-state index in [9.17, 15) is 0 Å². The second kappa shape index (κ2) is 7.54. The van der Waals surface area contributed by atoms with Gasteiger partial charge in [-0.25, -0.2) is 9.97 Å². The van der Waals surface area contributed by atoms with Crippen LogP contribution < -0.4 is 5.32 Å². The van der Waals surface area contributed by atoms with Crippen molar-refractivity contribution in [1.82, 2.24) is 9.97 Å². The third-order valence-electron chi connectivity index (χ3n) is 4.10. The fraction of sp³-hybridized carbons (Fsp3) is 0.733. The van der Waals surface area contributed by atoms with Crippen LogP contribution in [0.25, 0.3) is 0 Å². The molecule has 1 aromatic heterocycles. The molecule has 5 heteroatoms. The van der Waals surface area contributed by atoms with E-state index in [1.165, 1.54) is 32.1 Å². The van der Waals surface area contributed by atoms with E-state index in [4.69, 9.17) is 14.7 Å². The van der Waals surface area contributed by atoms with Gasteiger partial charge < -0.3 is 10.1 Å². The normalized spacial score (nSPS) is 18.0. The predicted octanol–water partition coefficient (Wildman–Crippen LogP) is 3.95. The summed E-state index contributed by atoms with van der Waals surface area (Å²) in [5.74, 6) is 2.33. The molecule has 1 N–H and O–H groups in total. The molecule has 0 saturated heterocycles.